The Hall–Kier alpha value is -3.21. The molecule has 1 heterocycles. The van der Waals surface area contributed by atoms with Crippen LogP contribution in [0.2, 0.25) is 0 Å². The first-order valence-corrected chi connectivity index (χ1v) is 10.7. The average molecular weight is 402 g/mol. The minimum Gasteiger partial charge on any atom is -0.353 e. The highest BCUT2D eigenvalue weighted by atomic mass is 16.2. The van der Waals surface area contributed by atoms with Gasteiger partial charge in [0.2, 0.25) is 5.91 Å². The highest BCUT2D eigenvalue weighted by Crippen LogP contribution is 2.24. The normalized spacial score (nSPS) is 13.5. The number of nitrogens with zero attached hydrogens (tertiary/aromatic N) is 2. The highest BCUT2D eigenvalue weighted by Gasteiger charge is 2.22. The van der Waals surface area contributed by atoms with Gasteiger partial charge in [0.15, 0.2) is 0 Å². The van der Waals surface area contributed by atoms with Gasteiger partial charge in [0.1, 0.15) is 0 Å². The summed E-state index contributed by atoms with van der Waals surface area (Å²) in [5.41, 5.74) is 3.92. The lowest BCUT2D eigenvalue weighted by Crippen LogP contribution is -2.35. The van der Waals surface area contributed by atoms with E-state index in [0.29, 0.717) is 13.1 Å². The summed E-state index contributed by atoms with van der Waals surface area (Å²) < 4.78 is 1.49. The molecule has 1 aromatic heterocycles. The van der Waals surface area contributed by atoms with Crippen molar-refractivity contribution in [3.05, 3.63) is 99.5 Å². The van der Waals surface area contributed by atoms with E-state index < -0.39 is 0 Å². The van der Waals surface area contributed by atoms with Gasteiger partial charge in [-0.3, -0.25) is 9.59 Å². The molecule has 0 saturated carbocycles. The van der Waals surface area contributed by atoms with Crippen molar-refractivity contribution in [2.24, 2.45) is 0 Å². The number of aromatic nitrogens is 2. The van der Waals surface area contributed by atoms with Crippen molar-refractivity contribution >= 4 is 5.91 Å². The van der Waals surface area contributed by atoms with Crippen molar-refractivity contribution in [3.63, 3.8) is 0 Å². The third-order valence-electron chi connectivity index (χ3n) is 5.67. The van der Waals surface area contributed by atoms with Crippen LogP contribution in [0.1, 0.15) is 47.6 Å². The molecule has 0 radical (unpaired) electrons. The summed E-state index contributed by atoms with van der Waals surface area (Å²) in [6, 6.07) is 21.3. The van der Waals surface area contributed by atoms with Crippen molar-refractivity contribution in [1.29, 1.82) is 0 Å². The number of hydrogen-bond donors (Lipinski definition) is 1. The monoisotopic (exact) mass is 401 g/mol. The fraction of sp³-hybridized carbons (Fsp3) is 0.320. The number of carbonyl (C=O) groups excluding carboxylic acids is 1. The maximum atomic E-state index is 13.1. The second kappa shape index (κ2) is 9.53. The summed E-state index contributed by atoms with van der Waals surface area (Å²) in [7, 11) is 0. The van der Waals surface area contributed by atoms with Crippen LogP contribution >= 0.6 is 0 Å². The van der Waals surface area contributed by atoms with E-state index in [9.17, 15) is 9.59 Å². The molecule has 3 aromatic rings. The SMILES string of the molecule is O=C(NCCn1nc2c(cc1=O)CCCCC2)C(c1ccccc1)c1ccccc1. The molecule has 0 spiro atoms. The molecule has 1 aliphatic carbocycles. The molecule has 0 unspecified atom stereocenters. The summed E-state index contributed by atoms with van der Waals surface area (Å²) in [5.74, 6) is -0.459. The molecule has 1 amide bonds. The number of hydrogen-bond acceptors (Lipinski definition) is 3. The lowest BCUT2D eigenvalue weighted by atomic mass is 9.90. The Morgan fingerprint density at radius 2 is 1.57 bits per heavy atom. The number of rotatable bonds is 6. The summed E-state index contributed by atoms with van der Waals surface area (Å²) >= 11 is 0. The van der Waals surface area contributed by atoms with Crippen molar-refractivity contribution in [2.45, 2.75) is 44.6 Å². The lowest BCUT2D eigenvalue weighted by Gasteiger charge is -2.18. The number of fused-ring (bicyclic) bond motifs is 1. The number of carbonyl (C=O) groups is 1. The second-order valence-corrected chi connectivity index (χ2v) is 7.78. The number of aryl methyl sites for hydroxylation is 2. The molecule has 0 saturated heterocycles. The Balaban J connectivity index is 1.47. The van der Waals surface area contributed by atoms with Gasteiger partial charge in [-0.05, 0) is 42.4 Å². The summed E-state index contributed by atoms with van der Waals surface area (Å²) in [6.45, 7) is 0.731. The first kappa shape index (κ1) is 20.1. The fourth-order valence-corrected chi connectivity index (χ4v) is 4.11. The average Bonchev–Trinajstić information content (AvgIpc) is 3.00. The fourth-order valence-electron chi connectivity index (χ4n) is 4.11. The van der Waals surface area contributed by atoms with Crippen molar-refractivity contribution in [3.8, 4) is 0 Å². The van der Waals surface area contributed by atoms with Gasteiger partial charge in [0, 0.05) is 12.6 Å². The van der Waals surface area contributed by atoms with Crippen molar-refractivity contribution < 1.29 is 4.79 Å². The van der Waals surface area contributed by atoms with E-state index in [1.54, 1.807) is 6.07 Å². The Morgan fingerprint density at radius 1 is 0.933 bits per heavy atom. The van der Waals surface area contributed by atoms with Crippen LogP contribution in [0.15, 0.2) is 71.5 Å². The van der Waals surface area contributed by atoms with E-state index in [2.05, 4.69) is 10.4 Å². The molecule has 30 heavy (non-hydrogen) atoms. The van der Waals surface area contributed by atoms with Crippen LogP contribution in [0.5, 0.6) is 0 Å². The molecule has 5 heteroatoms. The van der Waals surface area contributed by atoms with E-state index in [1.807, 2.05) is 60.7 Å². The molecule has 0 atom stereocenters. The van der Waals surface area contributed by atoms with Gasteiger partial charge in [-0.2, -0.15) is 5.10 Å². The third-order valence-corrected chi connectivity index (χ3v) is 5.67. The summed E-state index contributed by atoms with van der Waals surface area (Å²) in [5, 5.41) is 7.59. The van der Waals surface area contributed by atoms with Crippen molar-refractivity contribution in [1.82, 2.24) is 15.1 Å². The zero-order valence-electron chi connectivity index (χ0n) is 17.1. The van der Waals surface area contributed by atoms with E-state index in [4.69, 9.17) is 0 Å². The summed E-state index contributed by atoms with van der Waals surface area (Å²) in [6.07, 6.45) is 5.28. The lowest BCUT2D eigenvalue weighted by molar-refractivity contribution is -0.121. The molecule has 2 aromatic carbocycles. The molecule has 5 nitrogen and oxygen atoms in total. The van der Waals surface area contributed by atoms with Crippen LogP contribution in [0.3, 0.4) is 0 Å². The van der Waals surface area contributed by atoms with Crippen LogP contribution in [-0.4, -0.2) is 22.2 Å². The zero-order chi connectivity index (χ0) is 20.8. The molecule has 4 rings (SSSR count). The minimum atomic E-state index is -0.385. The van der Waals surface area contributed by atoms with Gasteiger partial charge >= 0.3 is 0 Å². The van der Waals surface area contributed by atoms with Crippen LogP contribution < -0.4 is 10.9 Å². The molecule has 1 N–H and O–H groups in total. The van der Waals surface area contributed by atoms with Gasteiger partial charge in [-0.25, -0.2) is 4.68 Å². The number of amides is 1. The Morgan fingerprint density at radius 3 is 2.23 bits per heavy atom. The Bertz CT molecular complexity index is 1010. The molecule has 0 fully saturated rings. The standard InChI is InChI=1S/C25H27N3O2/c29-23-18-21-14-8-3-9-15-22(21)27-28(23)17-16-26-25(30)24(19-10-4-1-5-11-19)20-12-6-2-7-13-20/h1-2,4-7,10-13,18,24H,3,8-9,14-17H2,(H,26,30). The van der Waals surface area contributed by atoms with Gasteiger partial charge < -0.3 is 5.32 Å². The molecule has 0 bridgehead atoms. The first-order chi connectivity index (χ1) is 14.7. The topological polar surface area (TPSA) is 64.0 Å². The van der Waals surface area contributed by atoms with Crippen LogP contribution in [0.4, 0.5) is 0 Å². The van der Waals surface area contributed by atoms with Gasteiger partial charge in [-0.15, -0.1) is 0 Å². The third kappa shape index (κ3) is 4.67. The van der Waals surface area contributed by atoms with Gasteiger partial charge in [0.05, 0.1) is 18.2 Å². The molecule has 154 valence electrons. The van der Waals surface area contributed by atoms with Crippen molar-refractivity contribution in [2.75, 3.05) is 6.54 Å². The molecular formula is C25H27N3O2. The maximum Gasteiger partial charge on any atom is 0.267 e. The smallest absolute Gasteiger partial charge is 0.267 e. The van der Waals surface area contributed by atoms with E-state index in [1.165, 1.54) is 11.1 Å². The number of nitrogens with one attached hydrogen (secondary N) is 1. The van der Waals surface area contributed by atoms with E-state index >= 15 is 0 Å². The highest BCUT2D eigenvalue weighted by molar-refractivity contribution is 5.87. The Labute approximate surface area is 176 Å². The minimum absolute atomic E-state index is 0.0739. The van der Waals surface area contributed by atoms with E-state index in [0.717, 1.165) is 48.1 Å². The predicted molar refractivity (Wildman–Crippen MR) is 117 cm³/mol. The van der Waals surface area contributed by atoms with Crippen LogP contribution in [0.25, 0.3) is 0 Å². The van der Waals surface area contributed by atoms with E-state index in [-0.39, 0.29) is 17.4 Å². The maximum absolute atomic E-state index is 13.1. The molecular weight excluding hydrogens is 374 g/mol. The first-order valence-electron chi connectivity index (χ1n) is 10.7. The summed E-state index contributed by atoms with van der Waals surface area (Å²) in [4.78, 5) is 25.5. The quantitative estimate of drug-likeness (QED) is 0.644. The molecule has 1 aliphatic rings. The Kier molecular flexibility index (Phi) is 6.38. The zero-order valence-corrected chi connectivity index (χ0v) is 17.1. The molecule has 0 aliphatic heterocycles. The number of benzene rings is 2. The van der Waals surface area contributed by atoms with Gasteiger partial charge in [-0.1, -0.05) is 67.1 Å². The van der Waals surface area contributed by atoms with Crippen LogP contribution in [0, 0.1) is 0 Å². The predicted octanol–water partition coefficient (Wildman–Crippen LogP) is 3.46. The van der Waals surface area contributed by atoms with Gasteiger partial charge in [0.25, 0.3) is 5.56 Å². The second-order valence-electron chi connectivity index (χ2n) is 7.78. The largest absolute Gasteiger partial charge is 0.353 e. The van der Waals surface area contributed by atoms with Crippen LogP contribution in [-0.2, 0) is 24.2 Å².